The number of anilines is 1. The minimum absolute atomic E-state index is 0.0580. The second-order valence-corrected chi connectivity index (χ2v) is 5.34. The van der Waals surface area contributed by atoms with Gasteiger partial charge in [-0.15, -0.1) is 0 Å². The van der Waals surface area contributed by atoms with E-state index in [4.69, 9.17) is 10.5 Å². The van der Waals surface area contributed by atoms with Gasteiger partial charge in [-0.3, -0.25) is 4.79 Å². The first-order valence-electron chi connectivity index (χ1n) is 6.83. The van der Waals surface area contributed by atoms with E-state index in [0.29, 0.717) is 28.8 Å². The molecule has 0 saturated heterocycles. The van der Waals surface area contributed by atoms with Gasteiger partial charge in [0.05, 0.1) is 12.8 Å². The number of rotatable bonds is 4. The monoisotopic (exact) mass is 262 g/mol. The fourth-order valence-corrected chi connectivity index (χ4v) is 2.70. The zero-order valence-corrected chi connectivity index (χ0v) is 11.6. The molecule has 1 saturated carbocycles. The summed E-state index contributed by atoms with van der Waals surface area (Å²) in [5.41, 5.74) is 6.87. The van der Waals surface area contributed by atoms with E-state index in [1.807, 2.05) is 0 Å². The average molecular weight is 262 g/mol. The summed E-state index contributed by atoms with van der Waals surface area (Å²) in [5.74, 6) is 1.81. The summed E-state index contributed by atoms with van der Waals surface area (Å²) >= 11 is 0. The molecule has 1 aromatic rings. The van der Waals surface area contributed by atoms with E-state index in [1.165, 1.54) is 19.3 Å². The average Bonchev–Trinajstić information content (AvgIpc) is 2.82. The molecule has 0 bridgehead atoms. The number of amides is 1. The van der Waals surface area contributed by atoms with Crippen LogP contribution in [0.1, 0.15) is 36.5 Å². The fraction of sp³-hybridized carbons (Fsp3) is 0.533. The van der Waals surface area contributed by atoms with E-state index >= 15 is 0 Å². The molecule has 2 rings (SSSR count). The molecule has 1 aromatic carbocycles. The predicted octanol–water partition coefficient (Wildman–Crippen LogP) is 2.44. The van der Waals surface area contributed by atoms with Crippen molar-refractivity contribution in [1.82, 2.24) is 5.32 Å². The number of carbonyl (C=O) groups excluding carboxylic acids is 1. The summed E-state index contributed by atoms with van der Waals surface area (Å²) in [5, 5.41) is 3.01. The fourth-order valence-electron chi connectivity index (χ4n) is 2.70. The number of benzene rings is 1. The molecule has 1 amide bonds. The first-order chi connectivity index (χ1) is 9.11. The number of hydrogen-bond donors (Lipinski definition) is 2. The van der Waals surface area contributed by atoms with Crippen LogP contribution in [0.5, 0.6) is 5.75 Å². The van der Waals surface area contributed by atoms with Gasteiger partial charge in [0.2, 0.25) is 0 Å². The van der Waals surface area contributed by atoms with Crippen molar-refractivity contribution < 1.29 is 9.53 Å². The van der Waals surface area contributed by atoms with Crippen LogP contribution in [0.15, 0.2) is 18.2 Å². The third-order valence-corrected chi connectivity index (χ3v) is 4.06. The van der Waals surface area contributed by atoms with Crippen LogP contribution in [0.3, 0.4) is 0 Å². The number of methoxy groups -OCH3 is 1. The highest BCUT2D eigenvalue weighted by Gasteiger charge is 2.23. The van der Waals surface area contributed by atoms with E-state index in [2.05, 4.69) is 12.2 Å². The van der Waals surface area contributed by atoms with Gasteiger partial charge in [0.25, 0.3) is 5.91 Å². The molecule has 104 valence electrons. The summed E-state index contributed by atoms with van der Waals surface area (Å²) < 4.78 is 5.13. The normalized spacial score (nSPS) is 22.2. The van der Waals surface area contributed by atoms with Gasteiger partial charge in [-0.2, -0.15) is 0 Å². The third-order valence-electron chi connectivity index (χ3n) is 4.06. The number of nitrogen functional groups attached to an aromatic ring is 1. The topological polar surface area (TPSA) is 64.3 Å². The Morgan fingerprint density at radius 1 is 1.47 bits per heavy atom. The van der Waals surface area contributed by atoms with E-state index in [9.17, 15) is 4.79 Å². The lowest BCUT2D eigenvalue weighted by atomic mass is 9.98. The summed E-state index contributed by atoms with van der Waals surface area (Å²) in [6.45, 7) is 3.02. The first kappa shape index (κ1) is 13.7. The van der Waals surface area contributed by atoms with E-state index < -0.39 is 0 Å². The quantitative estimate of drug-likeness (QED) is 0.819. The van der Waals surface area contributed by atoms with Crippen molar-refractivity contribution in [2.45, 2.75) is 26.2 Å². The highest BCUT2D eigenvalue weighted by molar-refractivity contribution is 5.95. The van der Waals surface area contributed by atoms with Gasteiger partial charge in [-0.1, -0.05) is 19.8 Å². The lowest BCUT2D eigenvalue weighted by molar-refractivity contribution is 0.0944. The molecule has 0 radical (unpaired) electrons. The lowest BCUT2D eigenvalue weighted by Crippen LogP contribution is -2.30. The maximum Gasteiger partial charge on any atom is 0.251 e. The molecule has 0 aliphatic heterocycles. The first-order valence-corrected chi connectivity index (χ1v) is 6.83. The van der Waals surface area contributed by atoms with Crippen molar-refractivity contribution in [3.05, 3.63) is 23.8 Å². The van der Waals surface area contributed by atoms with Crippen molar-refractivity contribution in [2.24, 2.45) is 11.8 Å². The molecule has 3 N–H and O–H groups in total. The Bertz CT molecular complexity index is 459. The number of carbonyl (C=O) groups is 1. The van der Waals surface area contributed by atoms with Gasteiger partial charge in [-0.25, -0.2) is 0 Å². The Morgan fingerprint density at radius 3 is 2.89 bits per heavy atom. The van der Waals surface area contributed by atoms with Crippen molar-refractivity contribution >= 4 is 11.6 Å². The number of nitrogens with one attached hydrogen (secondary N) is 1. The van der Waals surface area contributed by atoms with Crippen LogP contribution in [0.25, 0.3) is 0 Å². The molecule has 1 aliphatic rings. The van der Waals surface area contributed by atoms with Crippen molar-refractivity contribution in [3.63, 3.8) is 0 Å². The van der Waals surface area contributed by atoms with Gasteiger partial charge in [-0.05, 0) is 36.5 Å². The minimum atomic E-state index is -0.0580. The van der Waals surface area contributed by atoms with Crippen LogP contribution in [0.2, 0.25) is 0 Å². The maximum atomic E-state index is 12.1. The van der Waals surface area contributed by atoms with Gasteiger partial charge in [0.1, 0.15) is 5.75 Å². The second-order valence-electron chi connectivity index (χ2n) is 5.34. The van der Waals surface area contributed by atoms with Crippen LogP contribution >= 0.6 is 0 Å². The van der Waals surface area contributed by atoms with Gasteiger partial charge in [0.15, 0.2) is 0 Å². The number of nitrogens with two attached hydrogens (primary N) is 1. The van der Waals surface area contributed by atoms with Crippen LogP contribution in [0.4, 0.5) is 5.69 Å². The second kappa shape index (κ2) is 5.95. The summed E-state index contributed by atoms with van der Waals surface area (Å²) in [4.78, 5) is 12.1. The van der Waals surface area contributed by atoms with Crippen LogP contribution in [-0.2, 0) is 0 Å². The zero-order valence-electron chi connectivity index (χ0n) is 11.6. The molecule has 2 atom stereocenters. The van der Waals surface area contributed by atoms with Crippen LogP contribution in [0, 0.1) is 11.8 Å². The zero-order chi connectivity index (χ0) is 13.8. The minimum Gasteiger partial charge on any atom is -0.495 e. The Balaban J connectivity index is 1.96. The van der Waals surface area contributed by atoms with Crippen molar-refractivity contribution in [3.8, 4) is 5.75 Å². The van der Waals surface area contributed by atoms with Crippen LogP contribution in [-0.4, -0.2) is 19.6 Å². The lowest BCUT2D eigenvalue weighted by Gasteiger charge is -2.16. The highest BCUT2D eigenvalue weighted by Crippen LogP contribution is 2.30. The van der Waals surface area contributed by atoms with Crippen LogP contribution < -0.4 is 15.8 Å². The molecule has 4 heteroatoms. The standard InChI is InChI=1S/C15H22N2O2/c1-10-4-3-5-12(10)9-17-15(18)11-6-7-13(16)14(8-11)19-2/h6-8,10,12H,3-5,9,16H2,1-2H3,(H,17,18). The molecule has 19 heavy (non-hydrogen) atoms. The molecule has 0 spiro atoms. The Hall–Kier alpha value is -1.71. The van der Waals surface area contributed by atoms with E-state index in [1.54, 1.807) is 25.3 Å². The SMILES string of the molecule is COc1cc(C(=O)NCC2CCCC2C)ccc1N. The molecule has 0 heterocycles. The molecule has 0 aromatic heterocycles. The molecule has 4 nitrogen and oxygen atoms in total. The van der Waals surface area contributed by atoms with E-state index in [-0.39, 0.29) is 5.91 Å². The summed E-state index contributed by atoms with van der Waals surface area (Å²) in [6.07, 6.45) is 3.76. The number of hydrogen-bond acceptors (Lipinski definition) is 3. The molecular weight excluding hydrogens is 240 g/mol. The molecule has 2 unspecified atom stereocenters. The Morgan fingerprint density at radius 2 is 2.26 bits per heavy atom. The highest BCUT2D eigenvalue weighted by atomic mass is 16.5. The maximum absolute atomic E-state index is 12.1. The number of ether oxygens (including phenoxy) is 1. The Kier molecular flexibility index (Phi) is 4.30. The van der Waals surface area contributed by atoms with Gasteiger partial charge < -0.3 is 15.8 Å². The summed E-state index contributed by atoms with van der Waals surface area (Å²) in [6, 6.07) is 5.11. The van der Waals surface area contributed by atoms with Gasteiger partial charge >= 0.3 is 0 Å². The molecule has 1 aliphatic carbocycles. The van der Waals surface area contributed by atoms with E-state index in [0.717, 1.165) is 6.54 Å². The van der Waals surface area contributed by atoms with Gasteiger partial charge in [0, 0.05) is 12.1 Å². The molecule has 1 fully saturated rings. The Labute approximate surface area is 114 Å². The third kappa shape index (κ3) is 3.19. The molecular formula is C15H22N2O2. The predicted molar refractivity (Wildman–Crippen MR) is 76.2 cm³/mol. The summed E-state index contributed by atoms with van der Waals surface area (Å²) in [7, 11) is 1.55. The van der Waals surface area contributed by atoms with Crippen molar-refractivity contribution in [1.29, 1.82) is 0 Å². The van der Waals surface area contributed by atoms with Crippen molar-refractivity contribution in [2.75, 3.05) is 19.4 Å². The smallest absolute Gasteiger partial charge is 0.251 e. The largest absolute Gasteiger partial charge is 0.495 e.